The molecule has 0 spiro atoms. The smallest absolute Gasteiger partial charge is 0.236 e. The highest BCUT2D eigenvalue weighted by Gasteiger charge is 2.96. The molecular formula is C12H15F9. The minimum atomic E-state index is -6.50. The molecule has 0 N–H and O–H groups in total. The third-order valence-electron chi connectivity index (χ3n) is 4.73. The number of rotatable bonds is 3. The van der Waals surface area contributed by atoms with Crippen LogP contribution in [0.2, 0.25) is 0 Å². The Kier molecular flexibility index (Phi) is 3.89. The minimum Gasteiger partial charge on any atom is -0.236 e. The molecule has 21 heavy (non-hydrogen) atoms. The molecule has 0 nitrogen and oxygen atoms in total. The van der Waals surface area contributed by atoms with E-state index in [0.717, 1.165) is 13.8 Å². The van der Waals surface area contributed by atoms with Gasteiger partial charge < -0.3 is 0 Å². The van der Waals surface area contributed by atoms with Gasteiger partial charge in [-0.2, -0.15) is 35.1 Å². The molecule has 0 aromatic rings. The van der Waals surface area contributed by atoms with E-state index in [1.165, 1.54) is 0 Å². The average molecular weight is 330 g/mol. The summed E-state index contributed by atoms with van der Waals surface area (Å²) in [5.41, 5.74) is -8.05. The van der Waals surface area contributed by atoms with Crippen LogP contribution in [-0.2, 0) is 0 Å². The fourth-order valence-electron chi connectivity index (χ4n) is 3.31. The Morgan fingerprint density at radius 1 is 0.476 bits per heavy atom. The van der Waals surface area contributed by atoms with Crippen LogP contribution in [-0.4, -0.2) is 29.4 Å². The standard InChI is InChI=1S/C12H15F9/c1-4-7(5-2)8(13,6-3)10(16,17)12(20,21)11(18,19)9(7,14)15/h4-6H2,1-3H3. The van der Waals surface area contributed by atoms with Crippen molar-refractivity contribution in [2.24, 2.45) is 5.41 Å². The molecule has 1 aliphatic rings. The second-order valence-corrected chi connectivity index (χ2v) is 5.24. The number of hydrogen-bond acceptors (Lipinski definition) is 0. The zero-order valence-electron chi connectivity index (χ0n) is 11.5. The highest BCUT2D eigenvalue weighted by atomic mass is 19.4. The van der Waals surface area contributed by atoms with Gasteiger partial charge in [0, 0.05) is 0 Å². The van der Waals surface area contributed by atoms with E-state index in [4.69, 9.17) is 0 Å². The second kappa shape index (κ2) is 4.44. The molecule has 1 unspecified atom stereocenters. The molecule has 1 saturated carbocycles. The summed E-state index contributed by atoms with van der Waals surface area (Å²) in [7, 11) is 0. The van der Waals surface area contributed by atoms with Crippen molar-refractivity contribution in [1.29, 1.82) is 0 Å². The van der Waals surface area contributed by atoms with Gasteiger partial charge in [0.2, 0.25) is 0 Å². The van der Waals surface area contributed by atoms with Gasteiger partial charge in [-0.25, -0.2) is 4.39 Å². The van der Waals surface area contributed by atoms with Gasteiger partial charge in [-0.1, -0.05) is 20.8 Å². The van der Waals surface area contributed by atoms with Crippen molar-refractivity contribution < 1.29 is 39.5 Å². The number of alkyl halides is 9. The Morgan fingerprint density at radius 3 is 1.10 bits per heavy atom. The van der Waals surface area contributed by atoms with Gasteiger partial charge in [-0.05, 0) is 19.3 Å². The molecule has 0 saturated heterocycles. The molecule has 0 amide bonds. The molecule has 0 aliphatic heterocycles. The maximum Gasteiger partial charge on any atom is 0.381 e. The first kappa shape index (κ1) is 18.4. The molecular weight excluding hydrogens is 315 g/mol. The van der Waals surface area contributed by atoms with Crippen molar-refractivity contribution in [2.75, 3.05) is 0 Å². The Hall–Kier alpha value is -0.630. The van der Waals surface area contributed by atoms with Crippen LogP contribution in [0.1, 0.15) is 40.0 Å². The summed E-state index contributed by atoms with van der Waals surface area (Å²) in [5, 5.41) is 0. The van der Waals surface area contributed by atoms with E-state index < -0.39 is 54.0 Å². The molecule has 1 fully saturated rings. The van der Waals surface area contributed by atoms with Crippen molar-refractivity contribution in [1.82, 2.24) is 0 Å². The first-order chi connectivity index (χ1) is 9.18. The molecule has 1 atom stereocenters. The third kappa shape index (κ3) is 1.50. The predicted molar refractivity (Wildman–Crippen MR) is 56.9 cm³/mol. The Labute approximate surface area is 115 Å². The van der Waals surface area contributed by atoms with E-state index in [2.05, 4.69) is 0 Å². The quantitative estimate of drug-likeness (QED) is 0.602. The maximum absolute atomic E-state index is 14.7. The lowest BCUT2D eigenvalue weighted by atomic mass is 9.54. The Morgan fingerprint density at radius 2 is 0.810 bits per heavy atom. The zero-order chi connectivity index (χ0) is 17.1. The highest BCUT2D eigenvalue weighted by Crippen LogP contribution is 2.73. The lowest BCUT2D eigenvalue weighted by molar-refractivity contribution is -0.467. The number of hydrogen-bond donors (Lipinski definition) is 0. The van der Waals surface area contributed by atoms with Gasteiger partial charge in [0.1, 0.15) is 0 Å². The van der Waals surface area contributed by atoms with Gasteiger partial charge in [0.05, 0.1) is 5.41 Å². The van der Waals surface area contributed by atoms with Crippen molar-refractivity contribution in [3.05, 3.63) is 0 Å². The van der Waals surface area contributed by atoms with E-state index in [1.54, 1.807) is 0 Å². The highest BCUT2D eigenvalue weighted by molar-refractivity contribution is 5.27. The largest absolute Gasteiger partial charge is 0.381 e. The molecule has 1 aliphatic carbocycles. The van der Waals surface area contributed by atoms with Gasteiger partial charge in [-0.3, -0.25) is 0 Å². The normalized spacial score (nSPS) is 35.4. The summed E-state index contributed by atoms with van der Waals surface area (Å²) in [5.74, 6) is -24.4. The fourth-order valence-corrected chi connectivity index (χ4v) is 3.31. The minimum absolute atomic E-state index is 0.656. The third-order valence-corrected chi connectivity index (χ3v) is 4.73. The van der Waals surface area contributed by atoms with Gasteiger partial charge >= 0.3 is 23.7 Å². The fraction of sp³-hybridized carbons (Fsp3) is 1.00. The average Bonchev–Trinajstić information content (AvgIpc) is 2.37. The van der Waals surface area contributed by atoms with Crippen LogP contribution in [0.3, 0.4) is 0 Å². The summed E-state index contributed by atoms with van der Waals surface area (Å²) in [4.78, 5) is 0. The maximum atomic E-state index is 14.7. The van der Waals surface area contributed by atoms with Crippen molar-refractivity contribution in [2.45, 2.75) is 69.4 Å². The predicted octanol–water partition coefficient (Wildman–Crippen LogP) is 5.47. The summed E-state index contributed by atoms with van der Waals surface area (Å²) >= 11 is 0. The second-order valence-electron chi connectivity index (χ2n) is 5.24. The lowest BCUT2D eigenvalue weighted by Gasteiger charge is -2.59. The van der Waals surface area contributed by atoms with Crippen LogP contribution in [0.4, 0.5) is 39.5 Å². The molecule has 0 heterocycles. The summed E-state index contributed by atoms with van der Waals surface area (Å²) in [6.45, 7) is 2.26. The van der Waals surface area contributed by atoms with E-state index in [9.17, 15) is 39.5 Å². The summed E-state index contributed by atoms with van der Waals surface area (Å²) in [6.07, 6.45) is -3.72. The zero-order valence-corrected chi connectivity index (χ0v) is 11.5. The van der Waals surface area contributed by atoms with Crippen LogP contribution in [0.5, 0.6) is 0 Å². The molecule has 0 aromatic carbocycles. The molecule has 9 heteroatoms. The topological polar surface area (TPSA) is 0 Å². The van der Waals surface area contributed by atoms with Crippen molar-refractivity contribution in [3.8, 4) is 0 Å². The van der Waals surface area contributed by atoms with Crippen LogP contribution < -0.4 is 0 Å². The van der Waals surface area contributed by atoms with Gasteiger partial charge in [0.25, 0.3) is 0 Å². The van der Waals surface area contributed by atoms with E-state index in [1.807, 2.05) is 0 Å². The lowest BCUT2D eigenvalue weighted by Crippen LogP contribution is -2.82. The van der Waals surface area contributed by atoms with Gasteiger partial charge in [0.15, 0.2) is 5.67 Å². The van der Waals surface area contributed by atoms with Gasteiger partial charge in [-0.15, -0.1) is 0 Å². The number of halogens is 9. The Bertz CT molecular complexity index is 411. The summed E-state index contributed by atoms with van der Waals surface area (Å²) in [6, 6.07) is 0. The first-order valence-corrected chi connectivity index (χ1v) is 6.38. The molecule has 0 bridgehead atoms. The molecule has 1 rings (SSSR count). The first-order valence-electron chi connectivity index (χ1n) is 6.38. The molecule has 0 aromatic heterocycles. The van der Waals surface area contributed by atoms with Crippen LogP contribution in [0.15, 0.2) is 0 Å². The van der Waals surface area contributed by atoms with Crippen LogP contribution >= 0.6 is 0 Å². The monoisotopic (exact) mass is 330 g/mol. The molecule has 0 radical (unpaired) electrons. The van der Waals surface area contributed by atoms with E-state index in [0.29, 0.717) is 6.92 Å². The van der Waals surface area contributed by atoms with E-state index in [-0.39, 0.29) is 0 Å². The summed E-state index contributed by atoms with van der Waals surface area (Å²) < 4.78 is 124. The van der Waals surface area contributed by atoms with E-state index >= 15 is 0 Å². The molecule has 126 valence electrons. The van der Waals surface area contributed by atoms with Crippen molar-refractivity contribution in [3.63, 3.8) is 0 Å². The van der Waals surface area contributed by atoms with Crippen molar-refractivity contribution >= 4 is 0 Å². The van der Waals surface area contributed by atoms with Crippen LogP contribution in [0.25, 0.3) is 0 Å². The Balaban J connectivity index is 3.89. The SMILES string of the molecule is CCC1(F)C(F)(F)C(F)(F)C(F)(F)C(F)(F)C1(CC)CC. The van der Waals surface area contributed by atoms with Crippen LogP contribution in [0, 0.1) is 5.41 Å².